The minimum atomic E-state index is -3.80. The highest BCUT2D eigenvalue weighted by Crippen LogP contribution is 2.35. The lowest BCUT2D eigenvalue weighted by Crippen LogP contribution is -2.32. The predicted octanol–water partition coefficient (Wildman–Crippen LogP) is 5.00. The van der Waals surface area contributed by atoms with E-state index in [1.54, 1.807) is 25.5 Å². The van der Waals surface area contributed by atoms with E-state index in [4.69, 9.17) is 12.8 Å². The van der Waals surface area contributed by atoms with Gasteiger partial charge in [-0.2, -0.15) is 8.78 Å². The summed E-state index contributed by atoms with van der Waals surface area (Å²) < 4.78 is 58.5. The van der Waals surface area contributed by atoms with Crippen LogP contribution in [0.15, 0.2) is 86.6 Å². The van der Waals surface area contributed by atoms with Crippen molar-refractivity contribution >= 4 is 29.6 Å². The fourth-order valence-electron chi connectivity index (χ4n) is 4.69. The van der Waals surface area contributed by atoms with E-state index in [1.807, 2.05) is 18.2 Å². The van der Waals surface area contributed by atoms with Gasteiger partial charge in [-0.1, -0.05) is 24.0 Å². The monoisotopic (exact) mass is 552 g/mol. The number of aromatic nitrogens is 1. The van der Waals surface area contributed by atoms with Crippen molar-refractivity contribution < 1.29 is 21.9 Å². The summed E-state index contributed by atoms with van der Waals surface area (Å²) >= 11 is 0. The Labute approximate surface area is 229 Å². The number of allylic oxidation sites excluding steroid dienone is 3. The molecule has 0 saturated heterocycles. The van der Waals surface area contributed by atoms with Crippen LogP contribution in [-0.2, 0) is 16.4 Å². The van der Waals surface area contributed by atoms with Gasteiger partial charge in [-0.25, -0.2) is 8.42 Å². The molecule has 1 aliphatic carbocycles. The van der Waals surface area contributed by atoms with E-state index in [2.05, 4.69) is 20.0 Å². The summed E-state index contributed by atoms with van der Waals surface area (Å²) in [6.07, 6.45) is 5.85. The average molecular weight is 552 g/mol. The molecule has 2 atom stereocenters. The van der Waals surface area contributed by atoms with Gasteiger partial charge in [-0.05, 0) is 62.1 Å². The zero-order chi connectivity index (χ0) is 28.0. The van der Waals surface area contributed by atoms with E-state index in [9.17, 15) is 17.2 Å². The van der Waals surface area contributed by atoms with Crippen LogP contribution < -0.4 is 10.1 Å². The third-order valence-electron chi connectivity index (χ3n) is 6.69. The molecular weight excluding hydrogens is 521 g/mol. The molecule has 4 rings (SSSR count). The lowest BCUT2D eigenvalue weighted by molar-refractivity contribution is -0.159. The van der Waals surface area contributed by atoms with Crippen LogP contribution in [0.1, 0.15) is 45.1 Å². The molecule has 1 N–H and O–H groups in total. The lowest BCUT2D eigenvalue weighted by atomic mass is 9.84. The third kappa shape index (κ3) is 7.84. The Morgan fingerprint density at radius 3 is 2.77 bits per heavy atom. The van der Waals surface area contributed by atoms with Gasteiger partial charge in [0.05, 0.1) is 16.7 Å². The van der Waals surface area contributed by atoms with Crippen molar-refractivity contribution in [2.24, 2.45) is 15.9 Å². The molecule has 7 nitrogen and oxygen atoms in total. The SMILES string of the molecule is [B]\C1=C(C)/N=C(C2CCCC(S(=O)(=O)c3cccc(OC(C)(F)F)c3)C2)\C=C(\NCc2cccnc2)CN=C1. The number of sulfone groups is 1. The Kier molecular flexibility index (Phi) is 8.99. The molecule has 1 aromatic carbocycles. The van der Waals surface area contributed by atoms with Crippen molar-refractivity contribution in [1.82, 2.24) is 10.3 Å². The van der Waals surface area contributed by atoms with Crippen LogP contribution in [0.4, 0.5) is 8.78 Å². The van der Waals surface area contributed by atoms with Gasteiger partial charge < -0.3 is 10.1 Å². The quantitative estimate of drug-likeness (QED) is 0.465. The molecule has 0 bridgehead atoms. The maximum absolute atomic E-state index is 13.6. The standard InChI is InChI=1S/C28H31BF2N4O3S/c1-19-26(29)18-33-17-22(34-16-20-6-5-11-32-15-20)13-27(35-19)21-7-3-9-24(12-21)39(36,37)25-10-4-8-23(14-25)38-28(2,30)31/h4-6,8,10-11,13-15,18,21,24,34H,3,7,9,12,16-17H2,1-2H3/b22-13+,26-19-,33-18?,35-27+. The van der Waals surface area contributed by atoms with Gasteiger partial charge in [0.15, 0.2) is 9.84 Å². The molecule has 11 heteroatoms. The Hall–Kier alpha value is -3.34. The third-order valence-corrected chi connectivity index (χ3v) is 8.90. The summed E-state index contributed by atoms with van der Waals surface area (Å²) in [7, 11) is 2.36. The highest BCUT2D eigenvalue weighted by Gasteiger charge is 2.35. The van der Waals surface area contributed by atoms with E-state index >= 15 is 0 Å². The Morgan fingerprint density at radius 2 is 2.03 bits per heavy atom. The van der Waals surface area contributed by atoms with E-state index in [0.29, 0.717) is 50.4 Å². The van der Waals surface area contributed by atoms with Crippen molar-refractivity contribution in [3.8, 4) is 5.75 Å². The van der Waals surface area contributed by atoms with Crippen molar-refractivity contribution in [1.29, 1.82) is 0 Å². The fraction of sp³-hybridized carbons (Fsp3) is 0.393. The number of halogens is 2. The van der Waals surface area contributed by atoms with Gasteiger partial charge >= 0.3 is 6.11 Å². The van der Waals surface area contributed by atoms with Crippen LogP contribution in [0.5, 0.6) is 5.75 Å². The Balaban J connectivity index is 1.59. The minimum Gasteiger partial charge on any atom is -0.433 e. The highest BCUT2D eigenvalue weighted by molar-refractivity contribution is 7.92. The van der Waals surface area contributed by atoms with Crippen LogP contribution in [-0.4, -0.2) is 51.1 Å². The first-order valence-corrected chi connectivity index (χ1v) is 14.3. The summed E-state index contributed by atoms with van der Waals surface area (Å²) in [6, 6.07) is 9.15. The molecule has 2 aliphatic rings. The molecule has 2 radical (unpaired) electrons. The van der Waals surface area contributed by atoms with Crippen LogP contribution in [0.25, 0.3) is 0 Å². The van der Waals surface area contributed by atoms with Gasteiger partial charge in [0, 0.05) is 55.1 Å². The highest BCUT2D eigenvalue weighted by atomic mass is 32.2. The van der Waals surface area contributed by atoms with Crippen LogP contribution >= 0.6 is 0 Å². The number of ether oxygens (including phenoxy) is 1. The minimum absolute atomic E-state index is 0.0330. The van der Waals surface area contributed by atoms with Gasteiger partial charge in [0.2, 0.25) is 0 Å². The van der Waals surface area contributed by atoms with Crippen molar-refractivity contribution in [3.63, 3.8) is 0 Å². The summed E-state index contributed by atoms with van der Waals surface area (Å²) in [6.45, 7) is 3.31. The van der Waals surface area contributed by atoms with Gasteiger partial charge in [-0.15, -0.1) is 0 Å². The molecule has 1 saturated carbocycles. The summed E-state index contributed by atoms with van der Waals surface area (Å²) in [4.78, 5) is 13.4. The second kappa shape index (κ2) is 12.2. The van der Waals surface area contributed by atoms with E-state index in [-0.39, 0.29) is 16.6 Å². The van der Waals surface area contributed by atoms with Gasteiger partial charge in [-0.3, -0.25) is 15.0 Å². The average Bonchev–Trinajstić information content (AvgIpc) is 2.97. The lowest BCUT2D eigenvalue weighted by Gasteiger charge is -2.29. The van der Waals surface area contributed by atoms with Gasteiger partial charge in [0.25, 0.3) is 0 Å². The zero-order valence-electron chi connectivity index (χ0n) is 22.0. The molecule has 1 aromatic heterocycles. The van der Waals surface area contributed by atoms with Gasteiger partial charge in [0.1, 0.15) is 13.6 Å². The zero-order valence-corrected chi connectivity index (χ0v) is 22.8. The number of rotatable bonds is 8. The molecule has 2 heterocycles. The predicted molar refractivity (Wildman–Crippen MR) is 149 cm³/mol. The largest absolute Gasteiger partial charge is 0.433 e. The van der Waals surface area contributed by atoms with Crippen molar-refractivity contribution in [3.05, 3.63) is 77.3 Å². The van der Waals surface area contributed by atoms with E-state index < -0.39 is 21.2 Å². The van der Waals surface area contributed by atoms with Crippen LogP contribution in [0, 0.1) is 5.92 Å². The summed E-state index contributed by atoms with van der Waals surface area (Å²) in [5.74, 6) is -0.339. The number of hydrogen-bond donors (Lipinski definition) is 1. The van der Waals surface area contributed by atoms with Crippen LogP contribution in [0.2, 0.25) is 0 Å². The summed E-state index contributed by atoms with van der Waals surface area (Å²) in [5.41, 5.74) is 3.61. The number of hydrogen-bond acceptors (Lipinski definition) is 7. The van der Waals surface area contributed by atoms with E-state index in [1.165, 1.54) is 24.3 Å². The number of aliphatic imine (C=N–C) groups is 2. The second-order valence-corrected chi connectivity index (χ2v) is 12.1. The molecule has 1 fully saturated rings. The fourth-order valence-corrected chi connectivity index (χ4v) is 6.59. The van der Waals surface area contributed by atoms with Crippen molar-refractivity contribution in [2.45, 2.75) is 62.3 Å². The van der Waals surface area contributed by atoms with E-state index in [0.717, 1.165) is 23.4 Å². The molecule has 39 heavy (non-hydrogen) atoms. The molecule has 0 spiro atoms. The topological polar surface area (TPSA) is 93.0 Å². The maximum Gasteiger partial charge on any atom is 0.394 e. The second-order valence-electron chi connectivity index (χ2n) is 9.85. The molecule has 204 valence electrons. The first-order chi connectivity index (χ1) is 18.5. The maximum atomic E-state index is 13.6. The Morgan fingerprint density at radius 1 is 1.21 bits per heavy atom. The van der Waals surface area contributed by atoms with Crippen molar-refractivity contribution in [2.75, 3.05) is 6.54 Å². The number of pyridine rings is 1. The molecule has 0 amide bonds. The number of benzene rings is 1. The smallest absolute Gasteiger partial charge is 0.394 e. The Bertz CT molecular complexity index is 1400. The molecule has 1 aliphatic heterocycles. The number of nitrogens with one attached hydrogen (secondary N) is 1. The number of alkyl halides is 2. The summed E-state index contributed by atoms with van der Waals surface area (Å²) in [5, 5.41) is 2.71. The number of nitrogens with zero attached hydrogens (tertiary/aromatic N) is 3. The molecule has 2 unspecified atom stereocenters. The first kappa shape index (κ1) is 28.7. The van der Waals surface area contributed by atoms with Crippen LogP contribution in [0.3, 0.4) is 0 Å². The first-order valence-electron chi connectivity index (χ1n) is 12.8. The normalized spacial score (nSPS) is 25.3. The molecule has 2 aromatic rings. The molecular formula is C28H31BF2N4O3S.